The van der Waals surface area contributed by atoms with E-state index in [9.17, 15) is 17.6 Å². The van der Waals surface area contributed by atoms with E-state index in [0.717, 1.165) is 11.6 Å². The number of nitrogens with zero attached hydrogens (tertiary/aromatic N) is 2. The highest BCUT2D eigenvalue weighted by Crippen LogP contribution is 2.37. The van der Waals surface area contributed by atoms with Crippen LogP contribution in [0, 0.1) is 5.82 Å². The summed E-state index contributed by atoms with van der Waals surface area (Å²) in [4.78, 5) is 12.7. The van der Waals surface area contributed by atoms with Gasteiger partial charge in [0.05, 0.1) is 28.4 Å². The number of methoxy groups -OCH3 is 1. The minimum absolute atomic E-state index is 0.0895. The van der Waals surface area contributed by atoms with Crippen molar-refractivity contribution < 1.29 is 27.1 Å². The number of rotatable bonds is 11. The van der Waals surface area contributed by atoms with Crippen LogP contribution in [0.3, 0.4) is 0 Å². The van der Waals surface area contributed by atoms with Crippen LogP contribution < -0.4 is 19.2 Å². The van der Waals surface area contributed by atoms with Gasteiger partial charge < -0.3 is 9.47 Å². The number of carbonyl (C=O) groups excluding carboxylic acids is 1. The van der Waals surface area contributed by atoms with Gasteiger partial charge in [-0.05, 0) is 64.0 Å². The maximum absolute atomic E-state index is 14.6. The molecule has 12 heteroatoms. The molecule has 0 saturated carbocycles. The van der Waals surface area contributed by atoms with Crippen LogP contribution in [0.15, 0.2) is 105 Å². The zero-order valence-electron chi connectivity index (χ0n) is 21.6. The molecule has 0 heterocycles. The summed E-state index contributed by atoms with van der Waals surface area (Å²) in [6.45, 7) is -0.500. The molecule has 4 aromatic rings. The number of benzene rings is 4. The number of carbonyl (C=O) groups is 1. The molecule has 0 aliphatic rings. The molecule has 0 atom stereocenters. The molecule has 8 nitrogen and oxygen atoms in total. The molecule has 0 aromatic heterocycles. The highest BCUT2D eigenvalue weighted by atomic mass is 79.9. The van der Waals surface area contributed by atoms with Crippen molar-refractivity contribution in [2.45, 2.75) is 11.5 Å². The van der Waals surface area contributed by atoms with Gasteiger partial charge in [-0.15, -0.1) is 0 Å². The van der Waals surface area contributed by atoms with Crippen LogP contribution in [0.25, 0.3) is 0 Å². The second-order valence-corrected chi connectivity index (χ2v) is 11.6. The normalized spacial score (nSPS) is 11.3. The molecular formula is C29H24BrClFN3O5S. The quantitative estimate of drug-likeness (QED) is 0.153. The van der Waals surface area contributed by atoms with E-state index in [1.807, 2.05) is 18.2 Å². The predicted molar refractivity (Wildman–Crippen MR) is 160 cm³/mol. The number of nitrogens with one attached hydrogen (secondary N) is 1. The van der Waals surface area contributed by atoms with Gasteiger partial charge in [0.25, 0.3) is 15.9 Å². The zero-order valence-corrected chi connectivity index (χ0v) is 24.8. The Labute approximate surface area is 250 Å². The number of para-hydroxylation sites is 1. The van der Waals surface area contributed by atoms with Crippen molar-refractivity contribution in [1.82, 2.24) is 5.43 Å². The van der Waals surface area contributed by atoms with Crippen LogP contribution in [0.5, 0.6) is 11.5 Å². The molecule has 0 aliphatic carbocycles. The summed E-state index contributed by atoms with van der Waals surface area (Å²) in [5.74, 6) is -0.731. The molecule has 1 amide bonds. The summed E-state index contributed by atoms with van der Waals surface area (Å²) in [6, 6.07) is 23.4. The highest BCUT2D eigenvalue weighted by Gasteiger charge is 2.29. The van der Waals surface area contributed by atoms with Crippen molar-refractivity contribution in [2.24, 2.45) is 5.10 Å². The third kappa shape index (κ3) is 7.43. The van der Waals surface area contributed by atoms with Crippen molar-refractivity contribution in [3.63, 3.8) is 0 Å². The average Bonchev–Trinajstić information content (AvgIpc) is 2.97. The number of halogens is 3. The molecule has 41 heavy (non-hydrogen) atoms. The first-order valence-electron chi connectivity index (χ1n) is 12.1. The lowest BCUT2D eigenvalue weighted by Crippen LogP contribution is -2.40. The van der Waals surface area contributed by atoms with Crippen LogP contribution >= 0.6 is 27.5 Å². The van der Waals surface area contributed by atoms with Gasteiger partial charge in [-0.3, -0.25) is 9.10 Å². The Kier molecular flexibility index (Phi) is 9.98. The minimum Gasteiger partial charge on any atom is -0.493 e. The van der Waals surface area contributed by atoms with Crippen molar-refractivity contribution in [3.05, 3.63) is 117 Å². The van der Waals surface area contributed by atoms with E-state index < -0.39 is 28.3 Å². The Bertz CT molecular complexity index is 1670. The van der Waals surface area contributed by atoms with E-state index in [1.165, 1.54) is 55.8 Å². The third-order valence-electron chi connectivity index (χ3n) is 5.72. The van der Waals surface area contributed by atoms with Crippen molar-refractivity contribution in [1.29, 1.82) is 0 Å². The summed E-state index contributed by atoms with van der Waals surface area (Å²) < 4.78 is 53.9. The zero-order chi connectivity index (χ0) is 29.4. The summed E-state index contributed by atoms with van der Waals surface area (Å²) >= 11 is 9.68. The molecule has 212 valence electrons. The van der Waals surface area contributed by atoms with Crippen LogP contribution in [-0.2, 0) is 21.4 Å². The summed E-state index contributed by atoms with van der Waals surface area (Å²) in [6.07, 6.45) is 1.35. The van der Waals surface area contributed by atoms with Gasteiger partial charge in [0.2, 0.25) is 0 Å². The van der Waals surface area contributed by atoms with Gasteiger partial charge in [-0.2, -0.15) is 5.10 Å². The molecule has 0 radical (unpaired) electrons. The fourth-order valence-electron chi connectivity index (χ4n) is 3.74. The molecule has 4 rings (SSSR count). The van der Waals surface area contributed by atoms with Crippen molar-refractivity contribution >= 4 is 55.4 Å². The lowest BCUT2D eigenvalue weighted by atomic mass is 10.2. The first-order valence-corrected chi connectivity index (χ1v) is 14.7. The topological polar surface area (TPSA) is 97.3 Å². The Morgan fingerprint density at radius 2 is 1.73 bits per heavy atom. The van der Waals surface area contributed by atoms with Crippen molar-refractivity contribution in [3.8, 4) is 11.5 Å². The number of hydrogen-bond donors (Lipinski definition) is 1. The number of sulfonamides is 1. The fourth-order valence-corrected chi connectivity index (χ4v) is 5.95. The van der Waals surface area contributed by atoms with Gasteiger partial charge in [0.1, 0.15) is 19.0 Å². The lowest BCUT2D eigenvalue weighted by molar-refractivity contribution is -0.119. The molecule has 1 N–H and O–H groups in total. The van der Waals surface area contributed by atoms with Crippen molar-refractivity contribution in [2.75, 3.05) is 18.0 Å². The van der Waals surface area contributed by atoms with Crippen LogP contribution in [0.1, 0.15) is 11.1 Å². The highest BCUT2D eigenvalue weighted by molar-refractivity contribution is 9.10. The van der Waals surface area contributed by atoms with Gasteiger partial charge in [-0.25, -0.2) is 18.2 Å². The molecular weight excluding hydrogens is 637 g/mol. The maximum Gasteiger partial charge on any atom is 0.264 e. The number of hydrogen-bond acceptors (Lipinski definition) is 6. The Balaban J connectivity index is 1.49. The Morgan fingerprint density at radius 1 is 1.05 bits per heavy atom. The van der Waals surface area contributed by atoms with E-state index in [-0.39, 0.29) is 17.2 Å². The standard InChI is InChI=1S/C29H24BrClFN3O5S/c1-39-27-16-20(15-23(30)29(27)40-19-21-9-5-6-12-24(21)31)17-33-34-28(36)18-35(26-14-8-7-13-25(26)32)41(37,38)22-10-3-2-4-11-22/h2-17H,18-19H2,1H3,(H,34,36)/b33-17-. The van der Waals surface area contributed by atoms with Gasteiger partial charge in [0.15, 0.2) is 11.5 Å². The molecule has 0 aliphatic heterocycles. The summed E-state index contributed by atoms with van der Waals surface area (Å²) in [7, 11) is -2.78. The number of anilines is 1. The SMILES string of the molecule is COc1cc(/C=N\NC(=O)CN(c2ccccc2F)S(=O)(=O)c2ccccc2)cc(Br)c1OCc1ccccc1Cl. The number of ether oxygens (including phenoxy) is 2. The van der Waals surface area contributed by atoms with Crippen LogP contribution in [0.4, 0.5) is 10.1 Å². The molecule has 0 unspecified atom stereocenters. The third-order valence-corrected chi connectivity index (χ3v) is 8.46. The van der Waals surface area contributed by atoms with Gasteiger partial charge >= 0.3 is 0 Å². The Morgan fingerprint density at radius 3 is 2.44 bits per heavy atom. The van der Waals surface area contributed by atoms with E-state index in [4.69, 9.17) is 21.1 Å². The largest absolute Gasteiger partial charge is 0.493 e. The minimum atomic E-state index is -4.26. The van der Waals surface area contributed by atoms with Crippen LogP contribution in [-0.4, -0.2) is 34.2 Å². The molecule has 0 spiro atoms. The second-order valence-electron chi connectivity index (χ2n) is 8.48. The lowest BCUT2D eigenvalue weighted by Gasteiger charge is -2.24. The van der Waals surface area contributed by atoms with E-state index in [2.05, 4.69) is 26.5 Å². The summed E-state index contributed by atoms with van der Waals surface area (Å²) in [5.41, 5.74) is 3.38. The summed E-state index contributed by atoms with van der Waals surface area (Å²) in [5, 5.41) is 4.52. The molecule has 0 bridgehead atoms. The Hall–Kier alpha value is -3.93. The second kappa shape index (κ2) is 13.6. The molecule has 0 fully saturated rings. The maximum atomic E-state index is 14.6. The average molecular weight is 661 g/mol. The van der Waals surface area contributed by atoms with Gasteiger partial charge in [0, 0.05) is 10.6 Å². The number of amides is 1. The van der Waals surface area contributed by atoms with E-state index in [1.54, 1.807) is 24.3 Å². The smallest absolute Gasteiger partial charge is 0.264 e. The fraction of sp³-hybridized carbons (Fsp3) is 0.103. The first kappa shape index (κ1) is 30.0. The number of hydrazone groups is 1. The van der Waals surface area contributed by atoms with Crippen LogP contribution in [0.2, 0.25) is 5.02 Å². The van der Waals surface area contributed by atoms with E-state index >= 15 is 0 Å². The monoisotopic (exact) mass is 659 g/mol. The van der Waals surface area contributed by atoms with Gasteiger partial charge in [-0.1, -0.05) is 60.1 Å². The molecule has 4 aromatic carbocycles. The first-order chi connectivity index (χ1) is 19.7. The van der Waals surface area contributed by atoms with E-state index in [0.29, 0.717) is 30.9 Å². The molecule has 0 saturated heterocycles. The predicted octanol–water partition coefficient (Wildman–Crippen LogP) is 6.17.